The summed E-state index contributed by atoms with van der Waals surface area (Å²) in [5.74, 6) is 0. The van der Waals surface area contributed by atoms with Crippen LogP contribution < -0.4 is 15.3 Å². The van der Waals surface area contributed by atoms with Gasteiger partial charge in [0.25, 0.3) is 0 Å². The zero-order valence-corrected chi connectivity index (χ0v) is 20.9. The van der Waals surface area contributed by atoms with E-state index in [4.69, 9.17) is 0 Å². The third-order valence-corrected chi connectivity index (χ3v) is 10.8. The van der Waals surface area contributed by atoms with Gasteiger partial charge in [-0.25, -0.2) is 0 Å². The molecular weight excluding hydrogens is 469 g/mol. The number of hydrogen-bond acceptors (Lipinski definition) is 1. The summed E-state index contributed by atoms with van der Waals surface area (Å²) >= 11 is 0. The molecule has 0 bridgehead atoms. The molecule has 0 fully saturated rings. The van der Waals surface area contributed by atoms with Gasteiger partial charge in [0.1, 0.15) is 0 Å². The zero-order valence-electron chi connectivity index (χ0n) is 20.0. The van der Waals surface area contributed by atoms with Crippen LogP contribution in [0.25, 0.3) is 44.2 Å². The lowest BCUT2D eigenvalue weighted by molar-refractivity contribution is 0.586. The van der Waals surface area contributed by atoms with Crippen molar-refractivity contribution in [3.05, 3.63) is 133 Å². The van der Waals surface area contributed by atoms with Gasteiger partial charge in [-0.1, -0.05) is 103 Å². The lowest BCUT2D eigenvalue weighted by atomic mass is 9.96. The molecular formula is C34H22NOP. The zero-order chi connectivity index (χ0) is 24.6. The van der Waals surface area contributed by atoms with E-state index < -0.39 is 7.29 Å². The molecule has 37 heavy (non-hydrogen) atoms. The van der Waals surface area contributed by atoms with Gasteiger partial charge in [0, 0.05) is 21.7 Å². The molecule has 0 aliphatic carbocycles. The normalized spacial score (nSPS) is 16.8. The Balaban J connectivity index is 1.46. The first-order valence-electron chi connectivity index (χ1n) is 12.6. The smallest absolute Gasteiger partial charge is 0.235 e. The van der Waals surface area contributed by atoms with Gasteiger partial charge in [0.05, 0.1) is 11.4 Å². The molecule has 0 aromatic heterocycles. The molecule has 6 aromatic carbocycles. The molecule has 3 heteroatoms. The minimum Gasteiger partial charge on any atom is -0.289 e. The third kappa shape index (κ3) is 2.79. The molecule has 2 nitrogen and oxygen atoms in total. The maximum atomic E-state index is 15.7. The topological polar surface area (TPSA) is 20.3 Å². The summed E-state index contributed by atoms with van der Waals surface area (Å²) in [6, 6.07) is 46.4. The van der Waals surface area contributed by atoms with Crippen molar-refractivity contribution in [1.29, 1.82) is 0 Å². The van der Waals surface area contributed by atoms with Crippen molar-refractivity contribution in [2.45, 2.75) is 0 Å². The third-order valence-electron chi connectivity index (χ3n) is 7.76. The number of benzene rings is 6. The van der Waals surface area contributed by atoms with Gasteiger partial charge in [-0.15, -0.1) is 0 Å². The Morgan fingerprint density at radius 3 is 1.73 bits per heavy atom. The van der Waals surface area contributed by atoms with Crippen LogP contribution in [-0.2, 0) is 4.57 Å². The number of fused-ring (bicyclic) bond motifs is 12. The molecule has 1 atom stereocenters. The summed E-state index contributed by atoms with van der Waals surface area (Å²) in [5.41, 5.74) is 8.54. The van der Waals surface area contributed by atoms with Crippen LogP contribution in [0.15, 0.2) is 133 Å². The monoisotopic (exact) mass is 491 g/mol. The number of anilines is 2. The number of para-hydroxylation sites is 2. The minimum atomic E-state index is -3.22. The van der Waals surface area contributed by atoms with Crippen molar-refractivity contribution in [2.24, 2.45) is 0 Å². The average molecular weight is 492 g/mol. The molecule has 2 aliphatic heterocycles. The molecule has 174 valence electrons. The van der Waals surface area contributed by atoms with Crippen molar-refractivity contribution in [3.63, 3.8) is 0 Å². The van der Waals surface area contributed by atoms with Gasteiger partial charge in [-0.05, 0) is 63.4 Å². The van der Waals surface area contributed by atoms with Gasteiger partial charge < -0.3 is 0 Å². The van der Waals surface area contributed by atoms with Crippen LogP contribution in [0.5, 0.6) is 0 Å². The number of nitrogens with zero attached hydrogens (tertiary/aromatic N) is 1. The summed E-state index contributed by atoms with van der Waals surface area (Å²) in [5, 5.41) is 4.22. The Bertz CT molecular complexity index is 1940. The maximum absolute atomic E-state index is 15.7. The summed E-state index contributed by atoms with van der Waals surface area (Å²) in [4.78, 5) is 0. The van der Waals surface area contributed by atoms with Crippen LogP contribution in [0.1, 0.15) is 0 Å². The fraction of sp³-hybridized carbons (Fsp3) is 0. The first-order valence-corrected chi connectivity index (χ1v) is 14.2. The molecule has 2 aliphatic rings. The first kappa shape index (κ1) is 20.8. The SMILES string of the molecule is O=P12c3ccccc3-c3ccccc3N1c1ccccc1-c1ccc(-c3ccc4ccccc4c3)cc12. The van der Waals surface area contributed by atoms with E-state index in [9.17, 15) is 0 Å². The van der Waals surface area contributed by atoms with E-state index in [0.29, 0.717) is 0 Å². The van der Waals surface area contributed by atoms with Gasteiger partial charge in [-0.2, -0.15) is 0 Å². The number of rotatable bonds is 1. The van der Waals surface area contributed by atoms with Crippen LogP contribution in [0.2, 0.25) is 0 Å². The standard InChI is InChI=1S/C34H22NOP/c36-37-33-16-8-5-13-29(33)27-11-3-6-14-31(27)35(37)32-15-7-4-12-28(32)30-20-19-26(22-34(30)37)25-18-17-23-9-1-2-10-24(23)21-25/h1-22H. The lowest BCUT2D eigenvalue weighted by Crippen LogP contribution is -2.37. The second kappa shape index (κ2) is 7.56. The molecule has 6 aromatic rings. The molecule has 0 radical (unpaired) electrons. The largest absolute Gasteiger partial charge is 0.289 e. The van der Waals surface area contributed by atoms with Gasteiger partial charge in [0.15, 0.2) is 0 Å². The molecule has 2 heterocycles. The number of hydrogen-bond donors (Lipinski definition) is 0. The molecule has 0 saturated carbocycles. The van der Waals surface area contributed by atoms with Crippen LogP contribution in [-0.4, -0.2) is 0 Å². The van der Waals surface area contributed by atoms with Crippen LogP contribution in [0.3, 0.4) is 0 Å². The Labute approximate surface area is 215 Å². The summed E-state index contributed by atoms with van der Waals surface area (Å²) in [6.07, 6.45) is 0. The van der Waals surface area contributed by atoms with E-state index >= 15 is 4.57 Å². The minimum absolute atomic E-state index is 0.902. The highest BCUT2D eigenvalue weighted by Crippen LogP contribution is 2.65. The van der Waals surface area contributed by atoms with Crippen LogP contribution in [0.4, 0.5) is 11.4 Å². The van der Waals surface area contributed by atoms with E-state index in [-0.39, 0.29) is 0 Å². The van der Waals surface area contributed by atoms with Gasteiger partial charge >= 0.3 is 0 Å². The van der Waals surface area contributed by atoms with E-state index in [2.05, 4.69) is 114 Å². The fourth-order valence-corrected chi connectivity index (χ4v) is 9.37. The van der Waals surface area contributed by atoms with Crippen molar-refractivity contribution in [3.8, 4) is 33.4 Å². The molecule has 1 unspecified atom stereocenters. The summed E-state index contributed by atoms with van der Waals surface area (Å²) < 4.78 is 17.8. The van der Waals surface area contributed by atoms with Gasteiger partial charge in [-0.3, -0.25) is 9.24 Å². The van der Waals surface area contributed by atoms with E-state index in [1.165, 1.54) is 10.8 Å². The molecule has 8 rings (SSSR count). The Morgan fingerprint density at radius 2 is 0.973 bits per heavy atom. The Hall–Kier alpha value is -4.39. The van der Waals surface area contributed by atoms with Crippen molar-refractivity contribution >= 4 is 40.0 Å². The quantitative estimate of drug-likeness (QED) is 0.215. The van der Waals surface area contributed by atoms with E-state index in [1.807, 2.05) is 24.3 Å². The highest BCUT2D eigenvalue weighted by molar-refractivity contribution is 7.81. The van der Waals surface area contributed by atoms with Crippen LogP contribution in [0, 0.1) is 0 Å². The summed E-state index contributed by atoms with van der Waals surface area (Å²) in [6.45, 7) is 0. The molecule has 0 spiro atoms. The van der Waals surface area contributed by atoms with E-state index in [1.54, 1.807) is 0 Å². The second-order valence-corrected chi connectivity index (χ2v) is 12.2. The highest BCUT2D eigenvalue weighted by Gasteiger charge is 2.47. The van der Waals surface area contributed by atoms with Gasteiger partial charge in [0.2, 0.25) is 7.29 Å². The van der Waals surface area contributed by atoms with Crippen molar-refractivity contribution in [1.82, 2.24) is 0 Å². The Morgan fingerprint density at radius 1 is 0.432 bits per heavy atom. The lowest BCUT2D eigenvalue weighted by Gasteiger charge is -2.44. The second-order valence-electron chi connectivity index (χ2n) is 9.73. The highest BCUT2D eigenvalue weighted by atomic mass is 31.2. The first-order chi connectivity index (χ1) is 18.2. The molecule has 0 N–H and O–H groups in total. The predicted molar refractivity (Wildman–Crippen MR) is 156 cm³/mol. The van der Waals surface area contributed by atoms with Crippen molar-refractivity contribution < 1.29 is 4.57 Å². The van der Waals surface area contributed by atoms with Crippen molar-refractivity contribution in [2.75, 3.05) is 4.67 Å². The fourth-order valence-electron chi connectivity index (χ4n) is 6.07. The summed E-state index contributed by atoms with van der Waals surface area (Å²) in [7, 11) is -3.22. The van der Waals surface area contributed by atoms with Crippen LogP contribution >= 0.6 is 7.29 Å². The predicted octanol–water partition coefficient (Wildman–Crippen LogP) is 8.53. The Kier molecular flexibility index (Phi) is 4.24. The average Bonchev–Trinajstić information content (AvgIpc) is 2.97. The molecule has 0 amide bonds. The maximum Gasteiger partial charge on any atom is 0.235 e. The molecule has 0 saturated heterocycles. The van der Waals surface area contributed by atoms with E-state index in [0.717, 1.165) is 55.4 Å².